The van der Waals surface area contributed by atoms with E-state index in [2.05, 4.69) is 20.5 Å². The van der Waals surface area contributed by atoms with Crippen LogP contribution in [0.1, 0.15) is 68.2 Å². The molecule has 6 nitrogen and oxygen atoms in total. The van der Waals surface area contributed by atoms with E-state index in [9.17, 15) is 4.39 Å². The standard InChI is InChI=1S/C21H29FN4O2/c1-13(23-19-12-27-11-17(19)21-24-14(2)25-26-21)15-8-9-20(18(22)10-15)28-16-6-4-3-5-7-16/h8-10,13,16-17,19,23H,3-7,11-12H2,1-2H3,(H,24,25,26)/t13?,17-,19+/m0/s1. The van der Waals surface area contributed by atoms with E-state index in [-0.39, 0.29) is 29.9 Å². The molecule has 2 aromatic rings. The minimum Gasteiger partial charge on any atom is -0.487 e. The number of rotatable bonds is 6. The van der Waals surface area contributed by atoms with Gasteiger partial charge < -0.3 is 14.8 Å². The molecule has 7 heteroatoms. The number of hydrogen-bond donors (Lipinski definition) is 2. The third-order valence-corrected chi connectivity index (χ3v) is 5.79. The summed E-state index contributed by atoms with van der Waals surface area (Å²) in [5, 5.41) is 10.7. The van der Waals surface area contributed by atoms with Crippen LogP contribution < -0.4 is 10.1 Å². The quantitative estimate of drug-likeness (QED) is 0.788. The molecule has 1 aromatic carbocycles. The van der Waals surface area contributed by atoms with Gasteiger partial charge in [-0.2, -0.15) is 5.10 Å². The first kappa shape index (κ1) is 19.3. The second kappa shape index (κ2) is 8.57. The Kier molecular flexibility index (Phi) is 5.92. The summed E-state index contributed by atoms with van der Waals surface area (Å²) in [5.41, 5.74) is 0.894. The zero-order chi connectivity index (χ0) is 19.5. The zero-order valence-electron chi connectivity index (χ0n) is 16.6. The van der Waals surface area contributed by atoms with Crippen LogP contribution in [0, 0.1) is 12.7 Å². The maximum atomic E-state index is 14.6. The molecule has 0 amide bonds. The van der Waals surface area contributed by atoms with Crippen molar-refractivity contribution >= 4 is 0 Å². The Morgan fingerprint density at radius 1 is 1.25 bits per heavy atom. The van der Waals surface area contributed by atoms with Crippen molar-refractivity contribution in [3.05, 3.63) is 41.2 Å². The van der Waals surface area contributed by atoms with E-state index in [0.29, 0.717) is 19.0 Å². The number of nitrogens with zero attached hydrogens (tertiary/aromatic N) is 2. The van der Waals surface area contributed by atoms with Crippen LogP contribution in [0.4, 0.5) is 4.39 Å². The lowest BCUT2D eigenvalue weighted by Gasteiger charge is -2.24. The molecule has 0 radical (unpaired) electrons. The summed E-state index contributed by atoms with van der Waals surface area (Å²) in [7, 11) is 0. The molecule has 1 unspecified atom stereocenters. The summed E-state index contributed by atoms with van der Waals surface area (Å²) in [4.78, 5) is 4.44. The van der Waals surface area contributed by atoms with Gasteiger partial charge in [-0.05, 0) is 57.2 Å². The summed E-state index contributed by atoms with van der Waals surface area (Å²) in [6.07, 6.45) is 5.77. The fourth-order valence-electron chi connectivity index (χ4n) is 4.16. The second-order valence-electron chi connectivity index (χ2n) is 7.99. The van der Waals surface area contributed by atoms with Crippen LogP contribution in [0.5, 0.6) is 5.75 Å². The third-order valence-electron chi connectivity index (χ3n) is 5.79. The predicted molar refractivity (Wildman–Crippen MR) is 104 cm³/mol. The van der Waals surface area contributed by atoms with Crippen LogP contribution in [0.2, 0.25) is 0 Å². The lowest BCUT2D eigenvalue weighted by atomic mass is 9.97. The van der Waals surface area contributed by atoms with E-state index in [1.54, 1.807) is 12.1 Å². The molecule has 2 heterocycles. The molecule has 1 saturated carbocycles. The maximum Gasteiger partial charge on any atom is 0.165 e. The van der Waals surface area contributed by atoms with Crippen molar-refractivity contribution in [3.8, 4) is 5.75 Å². The number of aromatic amines is 1. The number of hydrogen-bond acceptors (Lipinski definition) is 5. The molecular weight excluding hydrogens is 359 g/mol. The van der Waals surface area contributed by atoms with Crippen LogP contribution in [-0.2, 0) is 4.74 Å². The Hall–Kier alpha value is -1.99. The molecule has 1 aromatic heterocycles. The lowest BCUT2D eigenvalue weighted by Crippen LogP contribution is -2.36. The van der Waals surface area contributed by atoms with Gasteiger partial charge in [0.25, 0.3) is 0 Å². The molecule has 0 spiro atoms. The number of halogens is 1. The van der Waals surface area contributed by atoms with Crippen molar-refractivity contribution in [2.75, 3.05) is 13.2 Å². The molecule has 28 heavy (non-hydrogen) atoms. The fraction of sp³-hybridized carbons (Fsp3) is 0.619. The summed E-state index contributed by atoms with van der Waals surface area (Å²) in [5.74, 6) is 1.72. The van der Waals surface area contributed by atoms with Crippen molar-refractivity contribution in [2.24, 2.45) is 0 Å². The number of aromatic nitrogens is 3. The van der Waals surface area contributed by atoms with Gasteiger partial charge in [-0.25, -0.2) is 9.37 Å². The van der Waals surface area contributed by atoms with E-state index < -0.39 is 0 Å². The van der Waals surface area contributed by atoms with Gasteiger partial charge in [-0.15, -0.1) is 0 Å². The summed E-state index contributed by atoms with van der Waals surface area (Å²) in [6.45, 7) is 5.10. The van der Waals surface area contributed by atoms with E-state index >= 15 is 0 Å². The van der Waals surface area contributed by atoms with Crippen molar-refractivity contribution in [3.63, 3.8) is 0 Å². The Labute approximate surface area is 165 Å². The van der Waals surface area contributed by atoms with Gasteiger partial charge in [0.05, 0.1) is 25.2 Å². The number of aryl methyl sites for hydroxylation is 1. The lowest BCUT2D eigenvalue weighted by molar-refractivity contribution is 0.148. The molecule has 2 fully saturated rings. The minimum absolute atomic E-state index is 0.0209. The Bertz CT molecular complexity index is 790. The highest BCUT2D eigenvalue weighted by atomic mass is 19.1. The molecule has 3 atom stereocenters. The van der Waals surface area contributed by atoms with Crippen LogP contribution in [-0.4, -0.2) is 40.5 Å². The normalized spacial score (nSPS) is 24.4. The molecule has 1 saturated heterocycles. The largest absolute Gasteiger partial charge is 0.487 e. The highest BCUT2D eigenvalue weighted by molar-refractivity contribution is 5.31. The number of nitrogens with one attached hydrogen (secondary N) is 2. The van der Waals surface area contributed by atoms with E-state index in [4.69, 9.17) is 9.47 Å². The van der Waals surface area contributed by atoms with Gasteiger partial charge in [-0.1, -0.05) is 12.5 Å². The smallest absolute Gasteiger partial charge is 0.165 e. The van der Waals surface area contributed by atoms with Crippen molar-refractivity contribution in [1.82, 2.24) is 20.5 Å². The van der Waals surface area contributed by atoms with Gasteiger partial charge in [-0.3, -0.25) is 5.10 Å². The SMILES string of the molecule is Cc1nc([C@H]2COC[C@H]2NC(C)c2ccc(OC3CCCCC3)c(F)c2)n[nH]1. The summed E-state index contributed by atoms with van der Waals surface area (Å²) in [6, 6.07) is 5.36. The Morgan fingerprint density at radius 2 is 2.07 bits per heavy atom. The first-order valence-electron chi connectivity index (χ1n) is 10.3. The van der Waals surface area contributed by atoms with Crippen LogP contribution in [0.25, 0.3) is 0 Å². The maximum absolute atomic E-state index is 14.6. The predicted octanol–water partition coefficient (Wildman–Crippen LogP) is 3.80. The fourth-order valence-corrected chi connectivity index (χ4v) is 4.16. The molecule has 1 aliphatic heterocycles. The minimum atomic E-state index is -0.291. The molecule has 0 bridgehead atoms. The summed E-state index contributed by atoms with van der Waals surface area (Å²) < 4.78 is 26.2. The van der Waals surface area contributed by atoms with Crippen molar-refractivity contribution in [2.45, 2.75) is 70.1 Å². The number of ether oxygens (including phenoxy) is 2. The van der Waals surface area contributed by atoms with Gasteiger partial charge in [0, 0.05) is 12.1 Å². The van der Waals surface area contributed by atoms with Crippen LogP contribution in [0.15, 0.2) is 18.2 Å². The van der Waals surface area contributed by atoms with Gasteiger partial charge in [0.15, 0.2) is 17.4 Å². The zero-order valence-corrected chi connectivity index (χ0v) is 16.6. The van der Waals surface area contributed by atoms with Gasteiger partial charge >= 0.3 is 0 Å². The van der Waals surface area contributed by atoms with Crippen LogP contribution >= 0.6 is 0 Å². The number of H-pyrrole nitrogens is 1. The number of benzene rings is 1. The monoisotopic (exact) mass is 388 g/mol. The van der Waals surface area contributed by atoms with E-state index in [0.717, 1.165) is 30.1 Å². The first-order chi connectivity index (χ1) is 13.6. The van der Waals surface area contributed by atoms with Gasteiger partial charge in [0.1, 0.15) is 5.82 Å². The average Bonchev–Trinajstić information content (AvgIpc) is 3.33. The van der Waals surface area contributed by atoms with Gasteiger partial charge in [0.2, 0.25) is 0 Å². The Balaban J connectivity index is 1.40. The topological polar surface area (TPSA) is 72.1 Å². The molecule has 2 N–H and O–H groups in total. The van der Waals surface area contributed by atoms with E-state index in [1.165, 1.54) is 19.3 Å². The second-order valence-corrected chi connectivity index (χ2v) is 7.99. The Morgan fingerprint density at radius 3 is 2.79 bits per heavy atom. The molecule has 152 valence electrons. The highest BCUT2D eigenvalue weighted by Gasteiger charge is 2.33. The first-order valence-corrected chi connectivity index (χ1v) is 10.3. The molecule has 4 rings (SSSR count). The molecular formula is C21H29FN4O2. The average molecular weight is 388 g/mol. The van der Waals surface area contributed by atoms with Crippen molar-refractivity contribution in [1.29, 1.82) is 0 Å². The van der Waals surface area contributed by atoms with E-state index in [1.807, 2.05) is 19.9 Å². The molecule has 1 aliphatic carbocycles. The van der Waals surface area contributed by atoms with Crippen LogP contribution in [0.3, 0.4) is 0 Å². The highest BCUT2D eigenvalue weighted by Crippen LogP contribution is 2.29. The molecule has 2 aliphatic rings. The third kappa shape index (κ3) is 4.36. The summed E-state index contributed by atoms with van der Waals surface area (Å²) >= 11 is 0. The van der Waals surface area contributed by atoms with Crippen molar-refractivity contribution < 1.29 is 13.9 Å².